The summed E-state index contributed by atoms with van der Waals surface area (Å²) in [4.78, 5) is 4.40. The largest absolute Gasteiger partial charge is 0.508 e. The first-order valence-corrected chi connectivity index (χ1v) is 5.81. The number of phenols is 1. The first-order valence-electron chi connectivity index (χ1n) is 5.81. The maximum absolute atomic E-state index is 9.51. The van der Waals surface area contributed by atoms with Gasteiger partial charge in [-0.1, -0.05) is 12.1 Å². The number of fused-ring (bicyclic) bond motifs is 1. The van der Waals surface area contributed by atoms with Crippen molar-refractivity contribution >= 4 is 0 Å². The van der Waals surface area contributed by atoms with E-state index in [1.165, 1.54) is 11.1 Å². The maximum atomic E-state index is 9.51. The molecule has 1 aliphatic rings. The lowest BCUT2D eigenvalue weighted by molar-refractivity contribution is 0.471. The van der Waals surface area contributed by atoms with E-state index in [0.717, 1.165) is 18.7 Å². The Morgan fingerprint density at radius 1 is 1.24 bits per heavy atom. The molecule has 1 aromatic heterocycles. The second-order valence-corrected chi connectivity index (χ2v) is 4.27. The van der Waals surface area contributed by atoms with Crippen LogP contribution in [-0.2, 0) is 6.42 Å². The molecule has 3 rings (SSSR count). The van der Waals surface area contributed by atoms with Gasteiger partial charge in [0.25, 0.3) is 0 Å². The van der Waals surface area contributed by atoms with Crippen molar-refractivity contribution in [3.8, 4) is 5.75 Å². The Labute approximate surface area is 100 Å². The third-order valence-electron chi connectivity index (χ3n) is 3.16. The highest BCUT2D eigenvalue weighted by atomic mass is 16.3. The smallest absolute Gasteiger partial charge is 0.115 e. The van der Waals surface area contributed by atoms with Crippen LogP contribution in [0.25, 0.3) is 0 Å². The van der Waals surface area contributed by atoms with Gasteiger partial charge < -0.3 is 10.4 Å². The predicted octanol–water partition coefficient (Wildman–Crippen LogP) is 2.02. The van der Waals surface area contributed by atoms with E-state index in [9.17, 15) is 5.11 Å². The monoisotopic (exact) mass is 226 g/mol. The minimum absolute atomic E-state index is 0.139. The number of benzene rings is 1. The van der Waals surface area contributed by atoms with Gasteiger partial charge in [-0.05, 0) is 41.8 Å². The second-order valence-electron chi connectivity index (χ2n) is 4.27. The van der Waals surface area contributed by atoms with E-state index >= 15 is 0 Å². The number of rotatable bonds is 1. The molecule has 0 bridgehead atoms. The topological polar surface area (TPSA) is 45.1 Å². The van der Waals surface area contributed by atoms with E-state index in [-0.39, 0.29) is 6.04 Å². The molecule has 0 fully saturated rings. The molecular formula is C14H14N2O. The molecule has 1 aromatic carbocycles. The summed E-state index contributed by atoms with van der Waals surface area (Å²) in [5.74, 6) is 0.338. The predicted molar refractivity (Wildman–Crippen MR) is 65.9 cm³/mol. The molecule has 0 amide bonds. The molecule has 3 nitrogen and oxygen atoms in total. The van der Waals surface area contributed by atoms with Gasteiger partial charge in [0.1, 0.15) is 5.75 Å². The quantitative estimate of drug-likeness (QED) is 0.782. The van der Waals surface area contributed by atoms with Gasteiger partial charge in [0, 0.05) is 12.7 Å². The second kappa shape index (κ2) is 4.18. The summed E-state index contributed by atoms with van der Waals surface area (Å²) < 4.78 is 0. The standard InChI is InChI=1S/C14H14N2O/c17-11-4-5-12-10(9-11)6-8-16-14(12)13-3-1-2-7-15-13/h1-5,7,9,14,16-17H,6,8H2/t14-/m0/s1. The number of nitrogens with one attached hydrogen (secondary N) is 1. The van der Waals surface area contributed by atoms with Crippen molar-refractivity contribution in [3.63, 3.8) is 0 Å². The molecule has 3 heteroatoms. The van der Waals surface area contributed by atoms with Crippen LogP contribution in [0.3, 0.4) is 0 Å². The van der Waals surface area contributed by atoms with Crippen LogP contribution >= 0.6 is 0 Å². The fourth-order valence-corrected chi connectivity index (χ4v) is 2.36. The van der Waals surface area contributed by atoms with Crippen molar-refractivity contribution in [1.29, 1.82) is 0 Å². The molecule has 0 saturated heterocycles. The van der Waals surface area contributed by atoms with Crippen LogP contribution in [0.4, 0.5) is 0 Å². The average molecular weight is 226 g/mol. The zero-order chi connectivity index (χ0) is 11.7. The lowest BCUT2D eigenvalue weighted by Gasteiger charge is -2.26. The molecule has 0 spiro atoms. The number of phenolic OH excluding ortho intramolecular Hbond substituents is 1. The van der Waals surface area contributed by atoms with Crippen LogP contribution in [0.1, 0.15) is 22.9 Å². The third kappa shape index (κ3) is 1.89. The van der Waals surface area contributed by atoms with Crippen LogP contribution in [0.15, 0.2) is 42.6 Å². The minimum Gasteiger partial charge on any atom is -0.508 e. The molecule has 0 unspecified atom stereocenters. The van der Waals surface area contributed by atoms with Crippen LogP contribution < -0.4 is 5.32 Å². The minimum atomic E-state index is 0.139. The van der Waals surface area contributed by atoms with Gasteiger partial charge in [-0.2, -0.15) is 0 Å². The Morgan fingerprint density at radius 3 is 3.00 bits per heavy atom. The fourth-order valence-electron chi connectivity index (χ4n) is 2.36. The number of aromatic nitrogens is 1. The summed E-state index contributed by atoms with van der Waals surface area (Å²) in [5.41, 5.74) is 3.45. The molecule has 0 radical (unpaired) electrons. The van der Waals surface area contributed by atoms with E-state index in [4.69, 9.17) is 0 Å². The van der Waals surface area contributed by atoms with Gasteiger partial charge in [-0.25, -0.2) is 0 Å². The summed E-state index contributed by atoms with van der Waals surface area (Å²) >= 11 is 0. The Morgan fingerprint density at radius 2 is 2.18 bits per heavy atom. The summed E-state index contributed by atoms with van der Waals surface area (Å²) in [6.07, 6.45) is 2.76. The Hall–Kier alpha value is -1.87. The molecular weight excluding hydrogens is 212 g/mol. The average Bonchev–Trinajstić information content (AvgIpc) is 2.39. The Bertz CT molecular complexity index is 525. The van der Waals surface area contributed by atoms with Crippen LogP contribution in [0, 0.1) is 0 Å². The molecule has 0 aliphatic carbocycles. The maximum Gasteiger partial charge on any atom is 0.115 e. The van der Waals surface area contributed by atoms with Gasteiger partial charge in [0.05, 0.1) is 11.7 Å². The zero-order valence-corrected chi connectivity index (χ0v) is 9.43. The van der Waals surface area contributed by atoms with E-state index in [1.54, 1.807) is 6.07 Å². The highest BCUT2D eigenvalue weighted by Gasteiger charge is 2.21. The van der Waals surface area contributed by atoms with Gasteiger partial charge in [0.15, 0.2) is 0 Å². The van der Waals surface area contributed by atoms with Gasteiger partial charge >= 0.3 is 0 Å². The number of pyridine rings is 1. The summed E-state index contributed by atoms with van der Waals surface area (Å²) in [5, 5.41) is 13.0. The van der Waals surface area contributed by atoms with E-state index in [2.05, 4.69) is 10.3 Å². The molecule has 86 valence electrons. The summed E-state index contributed by atoms with van der Waals surface area (Å²) in [7, 11) is 0. The SMILES string of the molecule is Oc1ccc2c(c1)CCN[C@@H]2c1ccccn1. The number of aromatic hydroxyl groups is 1. The zero-order valence-electron chi connectivity index (χ0n) is 9.43. The molecule has 1 aliphatic heterocycles. The number of nitrogens with zero attached hydrogens (tertiary/aromatic N) is 1. The van der Waals surface area contributed by atoms with Gasteiger partial charge in [0.2, 0.25) is 0 Å². The molecule has 1 atom stereocenters. The first kappa shape index (κ1) is 10.3. The van der Waals surface area contributed by atoms with Crippen molar-refractivity contribution in [2.45, 2.75) is 12.5 Å². The Balaban J connectivity index is 2.06. The number of hydrogen-bond donors (Lipinski definition) is 2. The van der Waals surface area contributed by atoms with E-state index in [0.29, 0.717) is 5.75 Å². The lowest BCUT2D eigenvalue weighted by Crippen LogP contribution is -2.31. The van der Waals surface area contributed by atoms with Crippen molar-refractivity contribution in [3.05, 3.63) is 59.4 Å². The molecule has 2 heterocycles. The molecule has 17 heavy (non-hydrogen) atoms. The molecule has 2 N–H and O–H groups in total. The lowest BCUT2D eigenvalue weighted by atomic mass is 9.92. The summed E-state index contributed by atoms with van der Waals surface area (Å²) in [6.45, 7) is 0.914. The normalized spacial score (nSPS) is 18.7. The van der Waals surface area contributed by atoms with E-state index < -0.39 is 0 Å². The fraction of sp³-hybridized carbons (Fsp3) is 0.214. The van der Waals surface area contributed by atoms with Crippen molar-refractivity contribution in [2.24, 2.45) is 0 Å². The number of hydrogen-bond acceptors (Lipinski definition) is 3. The highest BCUT2D eigenvalue weighted by Crippen LogP contribution is 2.29. The van der Waals surface area contributed by atoms with Crippen molar-refractivity contribution < 1.29 is 5.11 Å². The van der Waals surface area contributed by atoms with E-state index in [1.807, 2.05) is 36.5 Å². The third-order valence-corrected chi connectivity index (χ3v) is 3.16. The van der Waals surface area contributed by atoms with Crippen molar-refractivity contribution in [2.75, 3.05) is 6.54 Å². The molecule has 2 aromatic rings. The van der Waals surface area contributed by atoms with Gasteiger partial charge in [-0.3, -0.25) is 4.98 Å². The van der Waals surface area contributed by atoms with Gasteiger partial charge in [-0.15, -0.1) is 0 Å². The van der Waals surface area contributed by atoms with Crippen LogP contribution in [0.2, 0.25) is 0 Å². The van der Waals surface area contributed by atoms with Crippen LogP contribution in [-0.4, -0.2) is 16.6 Å². The van der Waals surface area contributed by atoms with Crippen molar-refractivity contribution in [1.82, 2.24) is 10.3 Å². The summed E-state index contributed by atoms with van der Waals surface area (Å²) in [6, 6.07) is 11.7. The first-order chi connectivity index (χ1) is 8.34. The van der Waals surface area contributed by atoms with Crippen LogP contribution in [0.5, 0.6) is 5.75 Å². The highest BCUT2D eigenvalue weighted by molar-refractivity contribution is 5.41. The molecule has 0 saturated carbocycles. The Kier molecular flexibility index (Phi) is 2.53.